The van der Waals surface area contributed by atoms with E-state index in [0.29, 0.717) is 22.3 Å². The Balaban J connectivity index is 2.38. The molecule has 3 rings (SSSR count). The van der Waals surface area contributed by atoms with E-state index in [1.165, 1.54) is 12.1 Å². The first-order valence-electron chi connectivity index (χ1n) is 6.77. The summed E-state index contributed by atoms with van der Waals surface area (Å²) in [6.45, 7) is 6.68. The zero-order valence-corrected chi connectivity index (χ0v) is 13.0. The molecular weight excluding hydrogens is 286 g/mol. The summed E-state index contributed by atoms with van der Waals surface area (Å²) in [6.07, 6.45) is 0. The van der Waals surface area contributed by atoms with Crippen LogP contribution in [0.1, 0.15) is 17.7 Å². The maximum atomic E-state index is 12.8. The summed E-state index contributed by atoms with van der Waals surface area (Å²) in [5, 5.41) is 13.1. The van der Waals surface area contributed by atoms with E-state index in [-0.39, 0.29) is 11.2 Å². The van der Waals surface area contributed by atoms with Crippen LogP contribution in [-0.2, 0) is 6.54 Å². The molecule has 0 atom stereocenters. The van der Waals surface area contributed by atoms with Crippen molar-refractivity contribution in [2.45, 2.75) is 27.3 Å². The number of thiazole rings is 1. The van der Waals surface area contributed by atoms with Crippen LogP contribution in [-0.4, -0.2) is 5.11 Å². The third kappa shape index (κ3) is 2.14. The molecule has 0 spiro atoms. The highest BCUT2D eigenvalue weighted by Gasteiger charge is 2.24. The highest BCUT2D eigenvalue weighted by atomic mass is 32.1. The highest BCUT2D eigenvalue weighted by Crippen LogP contribution is 2.26. The second-order valence-corrected chi connectivity index (χ2v) is 5.99. The molecule has 4 nitrogen and oxygen atoms in total. The van der Waals surface area contributed by atoms with Gasteiger partial charge in [0, 0.05) is 13.0 Å². The Morgan fingerprint density at radius 2 is 2.10 bits per heavy atom. The van der Waals surface area contributed by atoms with E-state index in [4.69, 9.17) is 4.42 Å². The average molecular weight is 302 g/mol. The Morgan fingerprint density at radius 3 is 2.81 bits per heavy atom. The average Bonchev–Trinajstić information content (AvgIpc) is 2.79. The third-order valence-corrected chi connectivity index (χ3v) is 4.54. The van der Waals surface area contributed by atoms with Gasteiger partial charge >= 0.3 is 0 Å². The molecule has 0 saturated carbocycles. The largest absolute Gasteiger partial charge is 0.508 e. The molecule has 0 aliphatic carbocycles. The monoisotopic (exact) mass is 302 g/mol. The maximum Gasteiger partial charge on any atom is 0.234 e. The smallest absolute Gasteiger partial charge is 0.234 e. The lowest BCUT2D eigenvalue weighted by atomic mass is 10.1. The minimum atomic E-state index is -0.0613. The van der Waals surface area contributed by atoms with Crippen molar-refractivity contribution in [2.24, 2.45) is 0 Å². The summed E-state index contributed by atoms with van der Waals surface area (Å²) < 4.78 is 7.86. The molecule has 0 saturated heterocycles. The number of benzene rings is 1. The number of hydrogen-bond acceptors (Lipinski definition) is 4. The zero-order chi connectivity index (χ0) is 15.1. The van der Waals surface area contributed by atoms with Gasteiger partial charge in [0.2, 0.25) is 16.1 Å². The number of nitrogens with zero attached hydrogens (tertiary/aromatic N) is 1. The van der Waals surface area contributed by atoms with Gasteiger partial charge in [-0.1, -0.05) is 11.3 Å². The molecule has 2 aromatic heterocycles. The van der Waals surface area contributed by atoms with Crippen molar-refractivity contribution in [2.75, 3.05) is 0 Å². The zero-order valence-electron chi connectivity index (χ0n) is 12.1. The Morgan fingerprint density at radius 1 is 1.33 bits per heavy atom. The first kappa shape index (κ1) is 13.8. The topological polar surface area (TPSA) is 54.3 Å². The van der Waals surface area contributed by atoms with E-state index in [1.54, 1.807) is 24.3 Å². The summed E-state index contributed by atoms with van der Waals surface area (Å²) in [5.74, 6) is 0.658. The Kier molecular flexibility index (Phi) is 3.29. The van der Waals surface area contributed by atoms with Crippen LogP contribution in [0.4, 0.5) is 0 Å². The van der Waals surface area contributed by atoms with E-state index in [0.717, 1.165) is 17.2 Å². The van der Waals surface area contributed by atoms with Crippen LogP contribution < -0.4 is 10.00 Å². The first-order valence-corrected chi connectivity index (χ1v) is 7.65. The molecule has 1 N–H and O–H groups in total. The van der Waals surface area contributed by atoms with Crippen LogP contribution in [0.3, 0.4) is 0 Å². The molecule has 1 aromatic carbocycles. The van der Waals surface area contributed by atoms with Crippen LogP contribution in [0.2, 0.25) is 0 Å². The maximum absolute atomic E-state index is 12.8. The van der Waals surface area contributed by atoms with Gasteiger partial charge in [-0.25, -0.2) is 0 Å². The number of phenolic OH excluding ortho intramolecular Hbond substituents is 1. The highest BCUT2D eigenvalue weighted by molar-refractivity contribution is 7.09. The lowest BCUT2D eigenvalue weighted by Crippen LogP contribution is -2.36. The van der Waals surface area contributed by atoms with Crippen molar-refractivity contribution < 1.29 is 14.1 Å². The number of aromatic hydroxyl groups is 1. The SMILES string of the molecule is CC[n+]1c(-c2c(C)oc3cc(O)ccc3c2=O)csc1C. The first-order chi connectivity index (χ1) is 10.0. The summed E-state index contributed by atoms with van der Waals surface area (Å²) in [7, 11) is 0. The van der Waals surface area contributed by atoms with E-state index in [2.05, 4.69) is 11.5 Å². The second-order valence-electron chi connectivity index (χ2n) is 4.93. The molecule has 2 heterocycles. The third-order valence-electron chi connectivity index (χ3n) is 3.64. The standard InChI is InChI=1S/C16H15NO3S/c1-4-17-10(3)21-8-13(17)15-9(2)20-14-7-11(18)5-6-12(14)16(15)19/h5-8H,4H2,1-3H3/p+1. The fourth-order valence-electron chi connectivity index (χ4n) is 2.62. The molecule has 108 valence electrons. The van der Waals surface area contributed by atoms with Crippen LogP contribution in [0.25, 0.3) is 22.2 Å². The Labute approximate surface area is 125 Å². The Hall–Kier alpha value is -2.14. The lowest BCUT2D eigenvalue weighted by molar-refractivity contribution is -0.683. The molecule has 0 amide bonds. The number of fused-ring (bicyclic) bond motifs is 1. The van der Waals surface area contributed by atoms with E-state index in [9.17, 15) is 9.90 Å². The molecule has 3 aromatic rings. The molecule has 0 unspecified atom stereocenters. The summed E-state index contributed by atoms with van der Waals surface area (Å²) in [4.78, 5) is 12.8. The van der Waals surface area contributed by atoms with Crippen molar-refractivity contribution in [3.8, 4) is 17.0 Å². The lowest BCUT2D eigenvalue weighted by Gasteiger charge is -2.05. The van der Waals surface area contributed by atoms with Crippen molar-refractivity contribution in [1.82, 2.24) is 0 Å². The minimum Gasteiger partial charge on any atom is -0.508 e. The fraction of sp³-hybridized carbons (Fsp3) is 0.250. The predicted molar refractivity (Wildman–Crippen MR) is 82.8 cm³/mol. The van der Waals surface area contributed by atoms with Gasteiger partial charge in [-0.15, -0.1) is 0 Å². The van der Waals surface area contributed by atoms with Gasteiger partial charge in [0.1, 0.15) is 29.2 Å². The van der Waals surface area contributed by atoms with Crippen molar-refractivity contribution in [1.29, 1.82) is 0 Å². The quantitative estimate of drug-likeness (QED) is 0.740. The normalized spacial score (nSPS) is 11.2. The van der Waals surface area contributed by atoms with Crippen LogP contribution >= 0.6 is 11.3 Å². The van der Waals surface area contributed by atoms with Crippen LogP contribution in [0.15, 0.2) is 32.8 Å². The van der Waals surface area contributed by atoms with Gasteiger partial charge < -0.3 is 9.52 Å². The van der Waals surface area contributed by atoms with Crippen molar-refractivity contribution in [3.63, 3.8) is 0 Å². The van der Waals surface area contributed by atoms with E-state index >= 15 is 0 Å². The molecule has 0 aliphatic heterocycles. The number of phenols is 1. The fourth-order valence-corrected chi connectivity index (χ4v) is 3.50. The summed E-state index contributed by atoms with van der Waals surface area (Å²) >= 11 is 1.62. The van der Waals surface area contributed by atoms with Gasteiger partial charge in [-0.2, -0.15) is 4.57 Å². The van der Waals surface area contributed by atoms with Gasteiger partial charge in [-0.05, 0) is 26.0 Å². The van der Waals surface area contributed by atoms with Gasteiger partial charge in [0.15, 0.2) is 0 Å². The summed E-state index contributed by atoms with van der Waals surface area (Å²) in [6, 6.07) is 4.58. The van der Waals surface area contributed by atoms with Crippen molar-refractivity contribution >= 4 is 22.3 Å². The molecular formula is C16H16NO3S+. The molecule has 21 heavy (non-hydrogen) atoms. The number of aromatic nitrogens is 1. The molecule has 5 heteroatoms. The van der Waals surface area contributed by atoms with Crippen molar-refractivity contribution in [3.05, 3.63) is 44.6 Å². The van der Waals surface area contributed by atoms with E-state index < -0.39 is 0 Å². The molecule has 0 fully saturated rings. The summed E-state index contributed by atoms with van der Waals surface area (Å²) in [5.41, 5.74) is 1.84. The molecule has 0 bridgehead atoms. The number of hydrogen-bond donors (Lipinski definition) is 1. The van der Waals surface area contributed by atoms with Crippen LogP contribution in [0.5, 0.6) is 5.75 Å². The van der Waals surface area contributed by atoms with E-state index in [1.807, 2.05) is 12.3 Å². The van der Waals surface area contributed by atoms with Crippen LogP contribution in [0, 0.1) is 13.8 Å². The van der Waals surface area contributed by atoms with Gasteiger partial charge in [0.05, 0.1) is 10.8 Å². The second kappa shape index (κ2) is 5.00. The molecule has 0 aliphatic rings. The Bertz CT molecular complexity index is 892. The number of rotatable bonds is 2. The van der Waals surface area contributed by atoms with Gasteiger partial charge in [0.25, 0.3) is 0 Å². The molecule has 0 radical (unpaired) electrons. The minimum absolute atomic E-state index is 0.0613. The van der Waals surface area contributed by atoms with Gasteiger partial charge in [-0.3, -0.25) is 4.79 Å². The number of aryl methyl sites for hydroxylation is 2. The predicted octanol–water partition coefficient (Wildman–Crippen LogP) is 3.15.